The molecular weight excluding hydrogens is 236 g/mol. The number of hydrogen-bond donors (Lipinski definition) is 0. The number of benzene rings is 1. The van der Waals surface area contributed by atoms with Crippen LogP contribution in [0.2, 0.25) is 0 Å². The minimum absolute atomic E-state index is 0.285. The Bertz CT molecular complexity index is 517. The highest BCUT2D eigenvalue weighted by Crippen LogP contribution is 2.19. The molecule has 0 spiro atoms. The van der Waals surface area contributed by atoms with Crippen molar-refractivity contribution >= 4 is 5.78 Å². The first-order valence-electron chi connectivity index (χ1n) is 6.82. The predicted molar refractivity (Wildman–Crippen MR) is 76.8 cm³/mol. The lowest BCUT2D eigenvalue weighted by Gasteiger charge is -2.07. The van der Waals surface area contributed by atoms with Gasteiger partial charge in [0.25, 0.3) is 0 Å². The Morgan fingerprint density at radius 2 is 1.95 bits per heavy atom. The first-order valence-corrected chi connectivity index (χ1v) is 6.82. The van der Waals surface area contributed by atoms with Gasteiger partial charge in [0, 0.05) is 13.0 Å². The summed E-state index contributed by atoms with van der Waals surface area (Å²) in [6.45, 7) is 2.62. The van der Waals surface area contributed by atoms with E-state index in [1.54, 1.807) is 6.92 Å². The highest BCUT2D eigenvalue weighted by molar-refractivity contribution is 5.75. The number of unbranched alkanes of at least 4 members (excludes halogenated alkanes) is 2. The van der Waals surface area contributed by atoms with Gasteiger partial charge in [-0.15, -0.1) is 0 Å². The van der Waals surface area contributed by atoms with Crippen molar-refractivity contribution < 1.29 is 4.79 Å². The summed E-state index contributed by atoms with van der Waals surface area (Å²) in [5.41, 5.74) is 2.36. The van der Waals surface area contributed by atoms with Crippen molar-refractivity contribution in [3.63, 3.8) is 0 Å². The quantitative estimate of drug-likeness (QED) is 0.708. The molecule has 0 fully saturated rings. The molecular formula is C16H20N2O. The lowest BCUT2D eigenvalue weighted by atomic mass is 10.1. The molecule has 1 aromatic carbocycles. The number of aromatic nitrogens is 2. The van der Waals surface area contributed by atoms with Crippen LogP contribution in [0.3, 0.4) is 0 Å². The van der Waals surface area contributed by atoms with E-state index < -0.39 is 0 Å². The Morgan fingerprint density at radius 1 is 1.16 bits per heavy atom. The zero-order valence-electron chi connectivity index (χ0n) is 11.4. The normalized spacial score (nSPS) is 10.6. The fraction of sp³-hybridized carbons (Fsp3) is 0.375. The van der Waals surface area contributed by atoms with E-state index in [2.05, 4.69) is 21.7 Å². The van der Waals surface area contributed by atoms with E-state index in [-0.39, 0.29) is 5.78 Å². The van der Waals surface area contributed by atoms with Crippen molar-refractivity contribution in [2.24, 2.45) is 0 Å². The molecule has 0 N–H and O–H groups in total. The van der Waals surface area contributed by atoms with Gasteiger partial charge in [0.2, 0.25) is 0 Å². The van der Waals surface area contributed by atoms with Crippen molar-refractivity contribution in [2.45, 2.75) is 39.2 Å². The van der Waals surface area contributed by atoms with Crippen LogP contribution in [0, 0.1) is 0 Å². The smallest absolute Gasteiger partial charge is 0.129 e. The summed E-state index contributed by atoms with van der Waals surface area (Å²) >= 11 is 0. The molecule has 0 bridgehead atoms. The monoisotopic (exact) mass is 256 g/mol. The van der Waals surface area contributed by atoms with Crippen LogP contribution in [0.15, 0.2) is 42.9 Å². The van der Waals surface area contributed by atoms with Gasteiger partial charge in [-0.3, -0.25) is 0 Å². The maximum atomic E-state index is 10.9. The average molecular weight is 256 g/mol. The first kappa shape index (κ1) is 13.5. The lowest BCUT2D eigenvalue weighted by Crippen LogP contribution is -1.99. The molecule has 0 unspecified atom stereocenters. The van der Waals surface area contributed by atoms with Crippen molar-refractivity contribution in [3.8, 4) is 11.3 Å². The number of hydrogen-bond acceptors (Lipinski definition) is 2. The minimum Gasteiger partial charge on any atom is -0.331 e. The highest BCUT2D eigenvalue weighted by Gasteiger charge is 2.04. The standard InChI is InChI=1S/C16H20N2O/c1-14(19)8-4-3-7-11-18-13-17-12-16(18)15-9-5-2-6-10-15/h2,5-6,9-10,12-13H,3-4,7-8,11H2,1H3. The summed E-state index contributed by atoms with van der Waals surface area (Å²) in [7, 11) is 0. The van der Waals surface area contributed by atoms with Crippen molar-refractivity contribution in [3.05, 3.63) is 42.9 Å². The van der Waals surface area contributed by atoms with Crippen molar-refractivity contribution in [2.75, 3.05) is 0 Å². The summed E-state index contributed by atoms with van der Waals surface area (Å²) in [4.78, 5) is 15.1. The van der Waals surface area contributed by atoms with Crippen LogP contribution in [-0.2, 0) is 11.3 Å². The van der Waals surface area contributed by atoms with Gasteiger partial charge < -0.3 is 9.36 Å². The number of aryl methyl sites for hydroxylation is 1. The second-order valence-electron chi connectivity index (χ2n) is 4.85. The number of carbonyl (C=O) groups excluding carboxylic acids is 1. The van der Waals surface area contributed by atoms with Gasteiger partial charge in [0.1, 0.15) is 5.78 Å². The van der Waals surface area contributed by atoms with Crippen LogP contribution in [-0.4, -0.2) is 15.3 Å². The van der Waals surface area contributed by atoms with Crippen molar-refractivity contribution in [1.29, 1.82) is 0 Å². The Morgan fingerprint density at radius 3 is 2.68 bits per heavy atom. The summed E-state index contributed by atoms with van der Waals surface area (Å²) in [6.07, 6.45) is 7.66. The maximum absolute atomic E-state index is 10.9. The van der Waals surface area contributed by atoms with Gasteiger partial charge in [0.05, 0.1) is 18.2 Å². The van der Waals surface area contributed by atoms with Gasteiger partial charge in [-0.05, 0) is 25.3 Å². The van der Waals surface area contributed by atoms with Crippen LogP contribution in [0.1, 0.15) is 32.6 Å². The molecule has 2 aromatic rings. The van der Waals surface area contributed by atoms with E-state index in [4.69, 9.17) is 0 Å². The summed E-state index contributed by atoms with van der Waals surface area (Å²) < 4.78 is 2.18. The third kappa shape index (κ3) is 4.05. The molecule has 100 valence electrons. The Labute approximate surface area is 114 Å². The van der Waals surface area contributed by atoms with Crippen LogP contribution in [0.4, 0.5) is 0 Å². The Kier molecular flexibility index (Phi) is 4.90. The minimum atomic E-state index is 0.285. The van der Waals surface area contributed by atoms with Crippen LogP contribution in [0.25, 0.3) is 11.3 Å². The largest absolute Gasteiger partial charge is 0.331 e. The number of ketones is 1. The summed E-state index contributed by atoms with van der Waals surface area (Å²) in [5.74, 6) is 0.285. The third-order valence-corrected chi connectivity index (χ3v) is 3.21. The van der Waals surface area contributed by atoms with Crippen molar-refractivity contribution in [1.82, 2.24) is 9.55 Å². The van der Waals surface area contributed by atoms with E-state index >= 15 is 0 Å². The Hall–Kier alpha value is -1.90. The van der Waals surface area contributed by atoms with Gasteiger partial charge in [-0.2, -0.15) is 0 Å². The Balaban J connectivity index is 1.88. The van der Waals surface area contributed by atoms with E-state index in [0.717, 1.165) is 31.5 Å². The topological polar surface area (TPSA) is 34.9 Å². The molecule has 0 radical (unpaired) electrons. The molecule has 1 aromatic heterocycles. The summed E-state index contributed by atoms with van der Waals surface area (Å²) in [5, 5.41) is 0. The molecule has 2 rings (SSSR count). The second kappa shape index (κ2) is 6.88. The van der Waals surface area contributed by atoms with E-state index in [1.807, 2.05) is 30.7 Å². The van der Waals surface area contributed by atoms with Gasteiger partial charge in [-0.1, -0.05) is 36.8 Å². The maximum Gasteiger partial charge on any atom is 0.129 e. The van der Waals surface area contributed by atoms with E-state index in [1.165, 1.54) is 5.56 Å². The SMILES string of the molecule is CC(=O)CCCCCn1cncc1-c1ccccc1. The predicted octanol–water partition coefficient (Wildman–Crippen LogP) is 3.70. The molecule has 19 heavy (non-hydrogen) atoms. The van der Waals surface area contributed by atoms with Gasteiger partial charge in [-0.25, -0.2) is 4.98 Å². The molecule has 3 nitrogen and oxygen atoms in total. The average Bonchev–Trinajstić information content (AvgIpc) is 2.87. The molecule has 0 amide bonds. The lowest BCUT2D eigenvalue weighted by molar-refractivity contribution is -0.117. The number of carbonyl (C=O) groups is 1. The highest BCUT2D eigenvalue weighted by atomic mass is 16.1. The summed E-state index contributed by atoms with van der Waals surface area (Å²) in [6, 6.07) is 10.3. The second-order valence-corrected chi connectivity index (χ2v) is 4.85. The first-order chi connectivity index (χ1) is 9.27. The molecule has 0 aliphatic heterocycles. The molecule has 0 atom stereocenters. The fourth-order valence-corrected chi connectivity index (χ4v) is 2.18. The van der Waals surface area contributed by atoms with Crippen LogP contribution < -0.4 is 0 Å². The fourth-order valence-electron chi connectivity index (χ4n) is 2.18. The molecule has 1 heterocycles. The molecule has 0 aliphatic carbocycles. The zero-order chi connectivity index (χ0) is 13.5. The van der Waals surface area contributed by atoms with Crippen LogP contribution >= 0.6 is 0 Å². The molecule has 0 aliphatic rings. The molecule has 0 saturated heterocycles. The van der Waals surface area contributed by atoms with Crippen LogP contribution in [0.5, 0.6) is 0 Å². The number of nitrogens with zero attached hydrogens (tertiary/aromatic N) is 2. The molecule has 3 heteroatoms. The number of Topliss-reactive ketones (excluding diaryl/α,β-unsaturated/α-hetero) is 1. The number of rotatable bonds is 7. The number of imidazole rings is 1. The van der Waals surface area contributed by atoms with Gasteiger partial charge >= 0.3 is 0 Å². The zero-order valence-corrected chi connectivity index (χ0v) is 11.4. The third-order valence-electron chi connectivity index (χ3n) is 3.21. The molecule has 0 saturated carbocycles. The van der Waals surface area contributed by atoms with E-state index in [0.29, 0.717) is 6.42 Å². The van der Waals surface area contributed by atoms with Gasteiger partial charge in [0.15, 0.2) is 0 Å². The van der Waals surface area contributed by atoms with E-state index in [9.17, 15) is 4.79 Å².